The third-order valence-electron chi connectivity index (χ3n) is 3.09. The third kappa shape index (κ3) is 4.15. The summed E-state index contributed by atoms with van der Waals surface area (Å²) in [6.45, 7) is -0.342. The van der Waals surface area contributed by atoms with E-state index in [4.69, 9.17) is 15.3 Å². The largest absolute Gasteiger partial charge is 0.496 e. The fourth-order valence-corrected chi connectivity index (χ4v) is 2.00. The second kappa shape index (κ2) is 7.04. The van der Waals surface area contributed by atoms with E-state index in [-0.39, 0.29) is 18.0 Å². The average molecular weight is 324 g/mol. The lowest BCUT2D eigenvalue weighted by Gasteiger charge is -2.12. The van der Waals surface area contributed by atoms with Gasteiger partial charge in [0.25, 0.3) is 0 Å². The van der Waals surface area contributed by atoms with Crippen LogP contribution < -0.4 is 10.5 Å². The summed E-state index contributed by atoms with van der Waals surface area (Å²) in [7, 11) is 1.48. The van der Waals surface area contributed by atoms with Gasteiger partial charge in [-0.1, -0.05) is 35.5 Å². The van der Waals surface area contributed by atoms with Gasteiger partial charge in [0.2, 0.25) is 0 Å². The van der Waals surface area contributed by atoms with E-state index in [1.165, 1.54) is 25.3 Å². The van der Waals surface area contributed by atoms with Crippen LogP contribution in [0.2, 0.25) is 0 Å². The number of hydrogen-bond donors (Lipinski definition) is 1. The molecule has 0 unspecified atom stereocenters. The molecule has 0 aliphatic rings. The average Bonchev–Trinajstić information content (AvgIpc) is 2.54. The van der Waals surface area contributed by atoms with E-state index in [1.54, 1.807) is 24.3 Å². The normalized spacial score (nSPS) is 12.1. The molecule has 4 nitrogen and oxygen atoms in total. The molecule has 122 valence electrons. The number of amidine groups is 1. The summed E-state index contributed by atoms with van der Waals surface area (Å²) >= 11 is 0. The van der Waals surface area contributed by atoms with E-state index in [1.807, 2.05) is 0 Å². The van der Waals surface area contributed by atoms with Crippen LogP contribution in [0.15, 0.2) is 53.7 Å². The summed E-state index contributed by atoms with van der Waals surface area (Å²) in [4.78, 5) is 4.98. The molecule has 0 aliphatic heterocycles. The standard InChI is InChI=1S/C16H15F3N2O2/c1-22-14-9-5-3-7-12(14)15(20)21-23-10-11-6-2-4-8-13(11)16(17,18)19/h2-9H,10H2,1H3,(H2,20,21). The van der Waals surface area contributed by atoms with Gasteiger partial charge in [0.15, 0.2) is 5.84 Å². The van der Waals surface area contributed by atoms with Crippen molar-refractivity contribution in [2.75, 3.05) is 7.11 Å². The van der Waals surface area contributed by atoms with Crippen molar-refractivity contribution in [3.8, 4) is 5.75 Å². The molecule has 0 saturated carbocycles. The lowest BCUT2D eigenvalue weighted by Crippen LogP contribution is -2.15. The van der Waals surface area contributed by atoms with E-state index in [0.717, 1.165) is 6.07 Å². The third-order valence-corrected chi connectivity index (χ3v) is 3.09. The van der Waals surface area contributed by atoms with Gasteiger partial charge < -0.3 is 15.3 Å². The Morgan fingerprint density at radius 3 is 2.43 bits per heavy atom. The van der Waals surface area contributed by atoms with Crippen molar-refractivity contribution >= 4 is 5.84 Å². The molecule has 2 aromatic rings. The molecule has 2 N–H and O–H groups in total. The van der Waals surface area contributed by atoms with Crippen LogP contribution in [0, 0.1) is 0 Å². The van der Waals surface area contributed by atoms with Crippen LogP contribution in [0.1, 0.15) is 16.7 Å². The number of para-hydroxylation sites is 1. The van der Waals surface area contributed by atoms with Crippen molar-refractivity contribution in [2.45, 2.75) is 12.8 Å². The molecule has 0 heterocycles. The summed E-state index contributed by atoms with van der Waals surface area (Å²) in [5.74, 6) is 0.514. The number of ether oxygens (including phenoxy) is 1. The van der Waals surface area contributed by atoms with Crippen LogP contribution in [-0.4, -0.2) is 12.9 Å². The highest BCUT2D eigenvalue weighted by molar-refractivity contribution is 5.99. The zero-order valence-electron chi connectivity index (χ0n) is 12.3. The maximum absolute atomic E-state index is 12.9. The van der Waals surface area contributed by atoms with Crippen LogP contribution in [0.5, 0.6) is 5.75 Å². The van der Waals surface area contributed by atoms with E-state index < -0.39 is 11.7 Å². The van der Waals surface area contributed by atoms with Gasteiger partial charge in [-0.3, -0.25) is 0 Å². The molecular weight excluding hydrogens is 309 g/mol. The van der Waals surface area contributed by atoms with Crippen molar-refractivity contribution in [1.29, 1.82) is 0 Å². The Labute approximate surface area is 131 Å². The predicted octanol–water partition coefficient (Wildman–Crippen LogP) is 3.55. The Kier molecular flexibility index (Phi) is 5.10. The fraction of sp³-hybridized carbons (Fsp3) is 0.188. The highest BCUT2D eigenvalue weighted by Crippen LogP contribution is 2.32. The molecule has 0 spiro atoms. The minimum Gasteiger partial charge on any atom is -0.496 e. The summed E-state index contributed by atoms with van der Waals surface area (Å²) in [5, 5.41) is 3.67. The lowest BCUT2D eigenvalue weighted by molar-refractivity contribution is -0.138. The monoisotopic (exact) mass is 324 g/mol. The number of oxime groups is 1. The first-order valence-electron chi connectivity index (χ1n) is 6.67. The number of benzene rings is 2. The number of methoxy groups -OCH3 is 1. The fourth-order valence-electron chi connectivity index (χ4n) is 2.00. The first kappa shape index (κ1) is 16.7. The van der Waals surface area contributed by atoms with Crippen molar-refractivity contribution in [2.24, 2.45) is 10.9 Å². The van der Waals surface area contributed by atoms with Gasteiger partial charge >= 0.3 is 6.18 Å². The van der Waals surface area contributed by atoms with Crippen LogP contribution in [0.4, 0.5) is 13.2 Å². The van der Waals surface area contributed by atoms with Crippen molar-refractivity contribution in [1.82, 2.24) is 0 Å². The molecule has 0 bridgehead atoms. The van der Waals surface area contributed by atoms with Gasteiger partial charge in [0.05, 0.1) is 18.2 Å². The molecule has 0 saturated heterocycles. The smallest absolute Gasteiger partial charge is 0.416 e. The summed E-state index contributed by atoms with van der Waals surface area (Å²) in [6.07, 6.45) is -4.45. The summed E-state index contributed by atoms with van der Waals surface area (Å²) in [5.41, 5.74) is 5.51. The number of halogens is 3. The van der Waals surface area contributed by atoms with Crippen molar-refractivity contribution in [3.63, 3.8) is 0 Å². The highest BCUT2D eigenvalue weighted by Gasteiger charge is 2.32. The van der Waals surface area contributed by atoms with Crippen LogP contribution >= 0.6 is 0 Å². The Bertz CT molecular complexity index is 700. The van der Waals surface area contributed by atoms with Gasteiger partial charge in [-0.2, -0.15) is 13.2 Å². The second-order valence-electron chi connectivity index (χ2n) is 4.61. The van der Waals surface area contributed by atoms with Gasteiger partial charge in [0.1, 0.15) is 12.4 Å². The Balaban J connectivity index is 2.13. The molecule has 0 aromatic heterocycles. The number of nitrogens with two attached hydrogens (primary N) is 1. The molecule has 0 atom stereocenters. The first-order chi connectivity index (χ1) is 10.9. The molecule has 0 radical (unpaired) electrons. The summed E-state index contributed by atoms with van der Waals surface area (Å²) in [6, 6.07) is 12.0. The Hall–Kier alpha value is -2.70. The molecule has 2 rings (SSSR count). The van der Waals surface area contributed by atoms with Gasteiger partial charge in [-0.25, -0.2) is 0 Å². The number of hydrogen-bond acceptors (Lipinski definition) is 3. The van der Waals surface area contributed by atoms with Crippen molar-refractivity contribution < 1.29 is 22.7 Å². The maximum Gasteiger partial charge on any atom is 0.416 e. The Morgan fingerprint density at radius 1 is 1.09 bits per heavy atom. The van der Waals surface area contributed by atoms with Crippen LogP contribution in [-0.2, 0) is 17.6 Å². The zero-order chi connectivity index (χ0) is 16.9. The zero-order valence-corrected chi connectivity index (χ0v) is 12.3. The molecule has 7 heteroatoms. The highest BCUT2D eigenvalue weighted by atomic mass is 19.4. The topological polar surface area (TPSA) is 56.8 Å². The molecule has 0 amide bonds. The van der Waals surface area contributed by atoms with E-state index >= 15 is 0 Å². The second-order valence-corrected chi connectivity index (χ2v) is 4.61. The quantitative estimate of drug-likeness (QED) is 0.520. The minimum atomic E-state index is -4.45. The maximum atomic E-state index is 12.9. The SMILES string of the molecule is COc1ccccc1/C(N)=N/OCc1ccccc1C(F)(F)F. The predicted molar refractivity (Wildman–Crippen MR) is 80.0 cm³/mol. The molecule has 2 aromatic carbocycles. The Morgan fingerprint density at radius 2 is 1.74 bits per heavy atom. The number of alkyl halides is 3. The van der Waals surface area contributed by atoms with Gasteiger partial charge in [0, 0.05) is 5.56 Å². The molecule has 23 heavy (non-hydrogen) atoms. The van der Waals surface area contributed by atoms with Crippen molar-refractivity contribution in [3.05, 3.63) is 65.2 Å². The van der Waals surface area contributed by atoms with Crippen LogP contribution in [0.3, 0.4) is 0 Å². The number of rotatable bonds is 5. The van der Waals surface area contributed by atoms with E-state index in [0.29, 0.717) is 11.3 Å². The van der Waals surface area contributed by atoms with Crippen LogP contribution in [0.25, 0.3) is 0 Å². The van der Waals surface area contributed by atoms with E-state index in [2.05, 4.69) is 5.16 Å². The molecule has 0 aliphatic carbocycles. The first-order valence-corrected chi connectivity index (χ1v) is 6.67. The summed E-state index contributed by atoms with van der Waals surface area (Å²) < 4.78 is 43.7. The minimum absolute atomic E-state index is 0.0171. The lowest BCUT2D eigenvalue weighted by atomic mass is 10.1. The van der Waals surface area contributed by atoms with Gasteiger partial charge in [-0.15, -0.1) is 0 Å². The number of nitrogens with zero attached hydrogens (tertiary/aromatic N) is 1. The molecular formula is C16H15F3N2O2. The van der Waals surface area contributed by atoms with E-state index in [9.17, 15) is 13.2 Å². The van der Waals surface area contributed by atoms with Gasteiger partial charge in [-0.05, 0) is 18.2 Å². The molecule has 0 fully saturated rings.